The highest BCUT2D eigenvalue weighted by Crippen LogP contribution is 2.37. The Morgan fingerprint density at radius 1 is 0.655 bits per heavy atom. The molecule has 0 spiro atoms. The number of rotatable bonds is 1. The van der Waals surface area contributed by atoms with E-state index in [-0.39, 0.29) is 0 Å². The minimum Gasteiger partial charge on any atom is -0.456 e. The second-order valence-electron chi connectivity index (χ2n) is 7.82. The van der Waals surface area contributed by atoms with Gasteiger partial charge in [0, 0.05) is 22.9 Å². The average molecular weight is 374 g/mol. The Bertz CT molecular complexity index is 1570. The molecule has 6 aromatic rings. The molecule has 0 aliphatic carbocycles. The van der Waals surface area contributed by atoms with Crippen molar-refractivity contribution in [3.8, 4) is 11.3 Å². The van der Waals surface area contributed by atoms with Gasteiger partial charge in [-0.05, 0) is 64.4 Å². The van der Waals surface area contributed by atoms with Crippen molar-refractivity contribution < 1.29 is 8.98 Å². The molecule has 6 rings (SSSR count). The molecule has 0 radical (unpaired) electrons. The summed E-state index contributed by atoms with van der Waals surface area (Å²) < 4.78 is 8.51. The number of aryl methyl sites for hydroxylation is 2. The topological polar surface area (TPSA) is 17.0 Å². The Balaban J connectivity index is 1.68. The van der Waals surface area contributed by atoms with Gasteiger partial charge in [0.2, 0.25) is 5.69 Å². The summed E-state index contributed by atoms with van der Waals surface area (Å²) in [5.41, 5.74) is 5.51. The number of fused-ring (bicyclic) bond motifs is 6. The van der Waals surface area contributed by atoms with Crippen LogP contribution in [-0.4, -0.2) is 0 Å². The summed E-state index contributed by atoms with van der Waals surface area (Å²) in [7, 11) is 2.08. The molecule has 2 aromatic heterocycles. The van der Waals surface area contributed by atoms with Crippen molar-refractivity contribution in [3.05, 3.63) is 90.6 Å². The molecular weight excluding hydrogens is 354 g/mol. The molecule has 0 amide bonds. The Morgan fingerprint density at radius 3 is 2.31 bits per heavy atom. The smallest absolute Gasteiger partial charge is 0.212 e. The third kappa shape index (κ3) is 2.39. The van der Waals surface area contributed by atoms with Gasteiger partial charge in [0.05, 0.1) is 5.56 Å². The number of pyridine rings is 1. The van der Waals surface area contributed by atoms with E-state index in [0.29, 0.717) is 0 Å². The Hall–Kier alpha value is -3.65. The summed E-state index contributed by atoms with van der Waals surface area (Å²) in [6.45, 7) is 2.18. The predicted octanol–water partition coefficient (Wildman–Crippen LogP) is 6.69. The monoisotopic (exact) mass is 374 g/mol. The van der Waals surface area contributed by atoms with E-state index in [0.717, 1.165) is 11.2 Å². The van der Waals surface area contributed by atoms with E-state index in [4.69, 9.17) is 4.42 Å². The van der Waals surface area contributed by atoms with E-state index in [9.17, 15) is 0 Å². The highest BCUT2D eigenvalue weighted by Gasteiger charge is 2.16. The minimum atomic E-state index is 0.934. The van der Waals surface area contributed by atoms with Crippen LogP contribution in [0.5, 0.6) is 0 Å². The van der Waals surface area contributed by atoms with Gasteiger partial charge in [0.1, 0.15) is 18.2 Å². The van der Waals surface area contributed by atoms with Crippen LogP contribution in [0.25, 0.3) is 54.7 Å². The summed E-state index contributed by atoms with van der Waals surface area (Å²) in [5.74, 6) is 0. The summed E-state index contributed by atoms with van der Waals surface area (Å²) in [5, 5.41) is 7.35. The lowest BCUT2D eigenvalue weighted by Crippen LogP contribution is -2.30. The lowest BCUT2D eigenvalue weighted by Gasteiger charge is -2.05. The van der Waals surface area contributed by atoms with Crippen LogP contribution >= 0.6 is 0 Å². The maximum absolute atomic E-state index is 6.36. The average Bonchev–Trinajstić information content (AvgIpc) is 3.08. The maximum Gasteiger partial charge on any atom is 0.212 e. The quantitative estimate of drug-likeness (QED) is 0.231. The lowest BCUT2D eigenvalue weighted by atomic mass is 9.98. The molecule has 138 valence electrons. The number of aromatic nitrogens is 1. The molecule has 0 aliphatic rings. The summed E-state index contributed by atoms with van der Waals surface area (Å²) in [6, 6.07) is 28.1. The number of benzene rings is 4. The van der Waals surface area contributed by atoms with Crippen molar-refractivity contribution in [2.45, 2.75) is 6.92 Å². The van der Waals surface area contributed by atoms with Crippen LogP contribution in [0.2, 0.25) is 0 Å². The molecular formula is C27H20NO+. The number of hydrogen-bond donors (Lipinski definition) is 0. The Morgan fingerprint density at radius 2 is 1.41 bits per heavy atom. The summed E-state index contributed by atoms with van der Waals surface area (Å²) in [6.07, 6.45) is 2.08. The van der Waals surface area contributed by atoms with E-state index in [2.05, 4.69) is 104 Å². The van der Waals surface area contributed by atoms with Gasteiger partial charge in [-0.25, -0.2) is 4.57 Å². The van der Waals surface area contributed by atoms with Crippen LogP contribution in [0, 0.1) is 6.92 Å². The van der Waals surface area contributed by atoms with Crippen LogP contribution in [-0.2, 0) is 7.05 Å². The molecule has 2 heterocycles. The first-order chi connectivity index (χ1) is 14.2. The number of furan rings is 1. The van der Waals surface area contributed by atoms with Gasteiger partial charge in [-0.3, -0.25) is 0 Å². The van der Waals surface area contributed by atoms with Crippen molar-refractivity contribution in [2.75, 3.05) is 0 Å². The van der Waals surface area contributed by atoms with E-state index >= 15 is 0 Å². The summed E-state index contributed by atoms with van der Waals surface area (Å²) in [4.78, 5) is 0. The van der Waals surface area contributed by atoms with E-state index in [1.54, 1.807) is 0 Å². The van der Waals surface area contributed by atoms with E-state index in [1.807, 2.05) is 0 Å². The zero-order valence-corrected chi connectivity index (χ0v) is 16.4. The van der Waals surface area contributed by atoms with Crippen molar-refractivity contribution in [1.29, 1.82) is 0 Å². The van der Waals surface area contributed by atoms with Crippen molar-refractivity contribution in [2.24, 2.45) is 7.05 Å². The molecule has 29 heavy (non-hydrogen) atoms. The van der Waals surface area contributed by atoms with Crippen LogP contribution in [0.4, 0.5) is 0 Å². The molecule has 2 nitrogen and oxygen atoms in total. The molecule has 0 saturated heterocycles. The molecule has 0 unspecified atom stereocenters. The summed E-state index contributed by atoms with van der Waals surface area (Å²) >= 11 is 0. The third-order valence-corrected chi connectivity index (χ3v) is 6.01. The van der Waals surface area contributed by atoms with Gasteiger partial charge in [-0.2, -0.15) is 0 Å². The fraction of sp³-hybridized carbons (Fsp3) is 0.0741. The van der Waals surface area contributed by atoms with Crippen LogP contribution in [0.3, 0.4) is 0 Å². The van der Waals surface area contributed by atoms with Gasteiger partial charge in [0.15, 0.2) is 6.20 Å². The van der Waals surface area contributed by atoms with Gasteiger partial charge in [-0.15, -0.1) is 0 Å². The highest BCUT2D eigenvalue weighted by atomic mass is 16.3. The van der Waals surface area contributed by atoms with Gasteiger partial charge < -0.3 is 4.42 Å². The molecule has 0 N–H and O–H groups in total. The van der Waals surface area contributed by atoms with E-state index in [1.165, 1.54) is 49.1 Å². The zero-order valence-electron chi connectivity index (χ0n) is 16.4. The SMILES string of the molecule is Cc1cc2c(cc1-c1cccc[n+]1C)oc1cc3c(ccc4ccccc43)cc12. The highest BCUT2D eigenvalue weighted by molar-refractivity contribution is 6.16. The zero-order chi connectivity index (χ0) is 19.5. The molecule has 0 bridgehead atoms. The normalized spacial score (nSPS) is 11.8. The Kier molecular flexibility index (Phi) is 3.33. The molecule has 4 aromatic carbocycles. The second-order valence-corrected chi connectivity index (χ2v) is 7.82. The van der Waals surface area contributed by atoms with Crippen molar-refractivity contribution in [1.82, 2.24) is 0 Å². The first kappa shape index (κ1) is 16.3. The molecule has 0 fully saturated rings. The van der Waals surface area contributed by atoms with Crippen LogP contribution < -0.4 is 4.57 Å². The molecule has 0 atom stereocenters. The lowest BCUT2D eigenvalue weighted by molar-refractivity contribution is -0.660. The minimum absolute atomic E-state index is 0.934. The predicted molar refractivity (Wildman–Crippen MR) is 120 cm³/mol. The van der Waals surface area contributed by atoms with Gasteiger partial charge in [0.25, 0.3) is 0 Å². The van der Waals surface area contributed by atoms with Gasteiger partial charge in [-0.1, -0.05) is 36.4 Å². The fourth-order valence-electron chi connectivity index (χ4n) is 4.51. The first-order valence-corrected chi connectivity index (χ1v) is 9.92. The Labute approximate surface area is 168 Å². The van der Waals surface area contributed by atoms with Crippen LogP contribution in [0.1, 0.15) is 5.56 Å². The molecule has 2 heteroatoms. The number of nitrogens with zero attached hydrogens (tertiary/aromatic N) is 1. The largest absolute Gasteiger partial charge is 0.456 e. The number of hydrogen-bond acceptors (Lipinski definition) is 1. The second kappa shape index (κ2) is 5.92. The molecule has 0 aliphatic heterocycles. The van der Waals surface area contributed by atoms with Crippen LogP contribution in [0.15, 0.2) is 89.5 Å². The fourth-order valence-corrected chi connectivity index (χ4v) is 4.51. The van der Waals surface area contributed by atoms with Crippen molar-refractivity contribution in [3.63, 3.8) is 0 Å². The first-order valence-electron chi connectivity index (χ1n) is 9.92. The molecule has 0 saturated carbocycles. The van der Waals surface area contributed by atoms with E-state index < -0.39 is 0 Å². The third-order valence-electron chi connectivity index (χ3n) is 6.01. The standard InChI is InChI=1S/C27H20NO/c1-17-13-23-24-14-19-11-10-18-7-3-4-8-20(18)22(19)16-27(24)29-26(23)15-21(17)25-9-5-6-12-28(25)2/h3-16H,1-2H3/q+1. The maximum atomic E-state index is 6.36. The van der Waals surface area contributed by atoms with Gasteiger partial charge >= 0.3 is 0 Å². The van der Waals surface area contributed by atoms with Crippen molar-refractivity contribution >= 4 is 43.5 Å².